The first-order valence-corrected chi connectivity index (χ1v) is 14.0. The number of nitrogens with one attached hydrogen (secondary N) is 1. The first-order chi connectivity index (χ1) is 16.4. The van der Waals surface area contributed by atoms with Gasteiger partial charge in [-0.2, -0.15) is 0 Å². The minimum Gasteiger partial charge on any atom is -0.352 e. The summed E-state index contributed by atoms with van der Waals surface area (Å²) in [6, 6.07) is 13.7. The number of hydrogen-bond donors (Lipinski definition) is 1. The van der Waals surface area contributed by atoms with Crippen LogP contribution in [0.4, 0.5) is 5.69 Å². The highest BCUT2D eigenvalue weighted by atomic mass is 35.5. The van der Waals surface area contributed by atoms with Gasteiger partial charge in [0.05, 0.1) is 11.9 Å². The first kappa shape index (κ1) is 28.7. The van der Waals surface area contributed by atoms with E-state index in [1.165, 1.54) is 4.31 Å². The van der Waals surface area contributed by atoms with Gasteiger partial charge in [0.15, 0.2) is 0 Å². The maximum absolute atomic E-state index is 13.3. The molecule has 0 bridgehead atoms. The van der Waals surface area contributed by atoms with Gasteiger partial charge >= 0.3 is 0 Å². The normalized spacial score (nSPS) is 13.1. The molecule has 0 saturated carbocycles. The Morgan fingerprint density at radius 3 is 2.37 bits per heavy atom. The summed E-state index contributed by atoms with van der Waals surface area (Å²) < 4.78 is 26.0. The average molecular weight is 522 g/mol. The smallest absolute Gasteiger partial charge is 0.242 e. The molecule has 0 aliphatic heterocycles. The lowest BCUT2D eigenvalue weighted by Crippen LogP contribution is -2.49. The van der Waals surface area contributed by atoms with Gasteiger partial charge in [-0.25, -0.2) is 8.42 Å². The lowest BCUT2D eigenvalue weighted by atomic mass is 10.1. The maximum Gasteiger partial charge on any atom is 0.242 e. The molecule has 0 radical (unpaired) electrons. The van der Waals surface area contributed by atoms with Gasteiger partial charge in [0.25, 0.3) is 0 Å². The molecule has 0 aromatic heterocycles. The average Bonchev–Trinajstić information content (AvgIpc) is 2.79. The Bertz CT molecular complexity index is 1120. The molecular weight excluding hydrogens is 486 g/mol. The van der Waals surface area contributed by atoms with Crippen molar-refractivity contribution in [1.29, 1.82) is 0 Å². The number of aryl methyl sites for hydroxylation is 1. The van der Waals surface area contributed by atoms with Crippen LogP contribution in [0.15, 0.2) is 48.5 Å². The van der Waals surface area contributed by atoms with Crippen molar-refractivity contribution in [3.63, 3.8) is 0 Å². The lowest BCUT2D eigenvalue weighted by Gasteiger charge is -2.30. The predicted octanol–water partition coefficient (Wildman–Crippen LogP) is 4.53. The number of sulfonamides is 1. The Balaban J connectivity index is 2.19. The zero-order chi connectivity index (χ0) is 26.2. The molecule has 0 heterocycles. The molecule has 2 aromatic carbocycles. The quantitative estimate of drug-likeness (QED) is 0.444. The Hall–Kier alpha value is -2.58. The van der Waals surface area contributed by atoms with Gasteiger partial charge in [0, 0.05) is 30.6 Å². The molecule has 9 heteroatoms. The second kappa shape index (κ2) is 12.9. The van der Waals surface area contributed by atoms with Gasteiger partial charge in [-0.3, -0.25) is 13.9 Å². The Kier molecular flexibility index (Phi) is 10.6. The summed E-state index contributed by atoms with van der Waals surface area (Å²) in [7, 11) is -3.57. The van der Waals surface area contributed by atoms with Gasteiger partial charge in [-0.15, -0.1) is 0 Å². The van der Waals surface area contributed by atoms with Crippen LogP contribution < -0.4 is 9.62 Å². The number of anilines is 1. The summed E-state index contributed by atoms with van der Waals surface area (Å²) in [5.74, 6) is -0.419. The number of carbonyl (C=O) groups excluding carboxylic acids is 2. The molecule has 2 amide bonds. The summed E-state index contributed by atoms with van der Waals surface area (Å²) in [5.41, 5.74) is 2.44. The molecule has 192 valence electrons. The van der Waals surface area contributed by atoms with Crippen molar-refractivity contribution >= 4 is 39.1 Å². The molecule has 0 spiro atoms. The second-order valence-corrected chi connectivity index (χ2v) is 11.2. The molecule has 0 unspecified atom stereocenters. The molecule has 0 fully saturated rings. The van der Waals surface area contributed by atoms with Gasteiger partial charge in [-0.05, 0) is 62.9 Å². The summed E-state index contributed by atoms with van der Waals surface area (Å²) in [6.07, 6.45) is 2.30. The van der Waals surface area contributed by atoms with Crippen LogP contribution in [0.5, 0.6) is 0 Å². The fraction of sp³-hybridized carbons (Fsp3) is 0.462. The molecule has 2 rings (SSSR count). The van der Waals surface area contributed by atoms with Crippen molar-refractivity contribution in [2.75, 3.05) is 17.1 Å². The fourth-order valence-corrected chi connectivity index (χ4v) is 4.80. The van der Waals surface area contributed by atoms with E-state index in [4.69, 9.17) is 11.6 Å². The predicted molar refractivity (Wildman–Crippen MR) is 142 cm³/mol. The van der Waals surface area contributed by atoms with E-state index in [1.54, 1.807) is 36.1 Å². The number of carbonyl (C=O) groups is 2. The third-order valence-electron chi connectivity index (χ3n) is 6.02. The number of amides is 2. The number of nitrogens with zero attached hydrogens (tertiary/aromatic N) is 2. The van der Waals surface area contributed by atoms with Crippen molar-refractivity contribution in [1.82, 2.24) is 10.2 Å². The van der Waals surface area contributed by atoms with Crippen LogP contribution >= 0.6 is 11.6 Å². The molecule has 0 saturated heterocycles. The Morgan fingerprint density at radius 2 is 1.77 bits per heavy atom. The van der Waals surface area contributed by atoms with Crippen molar-refractivity contribution in [3.05, 3.63) is 64.7 Å². The molecule has 2 atom stereocenters. The van der Waals surface area contributed by atoms with Crippen molar-refractivity contribution < 1.29 is 18.0 Å². The summed E-state index contributed by atoms with van der Waals surface area (Å²) in [5, 5.41) is 3.38. The number of benzene rings is 2. The number of rotatable bonds is 12. The van der Waals surface area contributed by atoms with E-state index >= 15 is 0 Å². The summed E-state index contributed by atoms with van der Waals surface area (Å²) in [4.78, 5) is 27.8. The Labute approximate surface area is 214 Å². The van der Waals surface area contributed by atoms with E-state index in [0.29, 0.717) is 23.7 Å². The van der Waals surface area contributed by atoms with Gasteiger partial charge in [0.2, 0.25) is 21.8 Å². The zero-order valence-electron chi connectivity index (χ0n) is 21.1. The van der Waals surface area contributed by atoms with E-state index in [9.17, 15) is 18.0 Å². The third kappa shape index (κ3) is 8.54. The van der Waals surface area contributed by atoms with E-state index in [0.717, 1.165) is 23.8 Å². The molecule has 0 aliphatic carbocycles. The van der Waals surface area contributed by atoms with Crippen LogP contribution in [-0.2, 0) is 26.2 Å². The molecule has 35 heavy (non-hydrogen) atoms. The van der Waals surface area contributed by atoms with E-state index in [2.05, 4.69) is 5.32 Å². The van der Waals surface area contributed by atoms with Crippen molar-refractivity contribution in [3.8, 4) is 0 Å². The Morgan fingerprint density at radius 1 is 1.09 bits per heavy atom. The van der Waals surface area contributed by atoms with Gasteiger partial charge in [-0.1, -0.05) is 48.9 Å². The van der Waals surface area contributed by atoms with E-state index in [-0.39, 0.29) is 30.8 Å². The molecule has 2 aromatic rings. The minimum atomic E-state index is -3.57. The molecule has 0 aliphatic rings. The summed E-state index contributed by atoms with van der Waals surface area (Å²) >= 11 is 6.05. The van der Waals surface area contributed by atoms with Crippen LogP contribution in [0.1, 0.15) is 51.2 Å². The monoisotopic (exact) mass is 521 g/mol. The van der Waals surface area contributed by atoms with E-state index < -0.39 is 16.1 Å². The van der Waals surface area contributed by atoms with Gasteiger partial charge in [0.1, 0.15) is 6.04 Å². The first-order valence-electron chi connectivity index (χ1n) is 11.8. The van der Waals surface area contributed by atoms with Crippen LogP contribution in [-0.4, -0.2) is 50.0 Å². The highest BCUT2D eigenvalue weighted by molar-refractivity contribution is 7.92. The number of halogens is 1. The van der Waals surface area contributed by atoms with Crippen molar-refractivity contribution in [2.24, 2.45) is 0 Å². The van der Waals surface area contributed by atoms with Gasteiger partial charge < -0.3 is 10.2 Å². The third-order valence-corrected chi connectivity index (χ3v) is 7.45. The fourth-order valence-electron chi connectivity index (χ4n) is 3.65. The second-order valence-electron chi connectivity index (χ2n) is 8.86. The number of hydrogen-bond acceptors (Lipinski definition) is 4. The highest BCUT2D eigenvalue weighted by Crippen LogP contribution is 2.23. The van der Waals surface area contributed by atoms with Crippen LogP contribution in [0.3, 0.4) is 0 Å². The molecule has 1 N–H and O–H groups in total. The van der Waals surface area contributed by atoms with E-state index in [1.807, 2.05) is 45.0 Å². The standard InChI is InChI=1S/C26H36ClN3O4S/c1-6-20(3)28-26(32)21(4)29(18-22-12-8-7-11-19(22)2)25(31)15-10-16-30(35(5,33)34)24-14-9-13-23(27)17-24/h7-9,11-14,17,20-21H,6,10,15-16,18H2,1-5H3,(H,28,32)/t20-,21-/m0/s1. The van der Waals surface area contributed by atoms with Crippen LogP contribution in [0.25, 0.3) is 0 Å². The largest absolute Gasteiger partial charge is 0.352 e. The SMILES string of the molecule is CC[C@H](C)NC(=O)[C@H](C)N(Cc1ccccc1C)C(=O)CCCN(c1cccc(Cl)c1)S(C)(=O)=O. The minimum absolute atomic E-state index is 0.00128. The maximum atomic E-state index is 13.3. The topological polar surface area (TPSA) is 86.8 Å². The van der Waals surface area contributed by atoms with Crippen molar-refractivity contribution in [2.45, 2.75) is 65.6 Å². The molecule has 7 nitrogen and oxygen atoms in total. The van der Waals surface area contributed by atoms with Crippen LogP contribution in [0, 0.1) is 6.92 Å². The van der Waals surface area contributed by atoms with Crippen LogP contribution in [0.2, 0.25) is 5.02 Å². The summed E-state index contributed by atoms with van der Waals surface area (Å²) in [6.45, 7) is 8.02. The lowest BCUT2D eigenvalue weighted by molar-refractivity contribution is -0.140. The highest BCUT2D eigenvalue weighted by Gasteiger charge is 2.27. The molecular formula is C26H36ClN3O4S. The zero-order valence-corrected chi connectivity index (χ0v) is 22.7.